The number of para-hydroxylation sites is 1. The first-order chi connectivity index (χ1) is 11.1. The van der Waals surface area contributed by atoms with Crippen LogP contribution < -0.4 is 10.2 Å². The van der Waals surface area contributed by atoms with Gasteiger partial charge < -0.3 is 10.2 Å². The third-order valence-electron chi connectivity index (χ3n) is 4.39. The van der Waals surface area contributed by atoms with Gasteiger partial charge in [0.1, 0.15) is 5.82 Å². The molecule has 4 nitrogen and oxygen atoms in total. The largest absolute Gasteiger partial charge is 0.363 e. The molecule has 0 fully saturated rings. The summed E-state index contributed by atoms with van der Waals surface area (Å²) in [6, 6.07) is 12.6. The van der Waals surface area contributed by atoms with Crippen LogP contribution in [0.5, 0.6) is 0 Å². The average Bonchev–Trinajstić information content (AvgIpc) is 2.56. The van der Waals surface area contributed by atoms with Crippen LogP contribution in [-0.4, -0.2) is 16.9 Å². The minimum absolute atomic E-state index is 0.164. The first-order valence-electron chi connectivity index (χ1n) is 8.20. The van der Waals surface area contributed by atoms with E-state index >= 15 is 0 Å². The number of aryl methyl sites for hydroxylation is 1. The molecule has 0 spiro atoms. The van der Waals surface area contributed by atoms with Crippen LogP contribution in [0, 0.1) is 6.92 Å². The van der Waals surface area contributed by atoms with Crippen molar-refractivity contribution in [1.82, 2.24) is 4.98 Å². The van der Waals surface area contributed by atoms with Crippen LogP contribution in [0.25, 0.3) is 0 Å². The number of benzene rings is 1. The number of carbonyl (C=O) groups excluding carboxylic acids is 1. The Balaban J connectivity index is 1.93. The Morgan fingerprint density at radius 2 is 2.09 bits per heavy atom. The van der Waals surface area contributed by atoms with Crippen molar-refractivity contribution in [2.45, 2.75) is 45.7 Å². The van der Waals surface area contributed by atoms with Crippen molar-refractivity contribution in [2.75, 3.05) is 10.2 Å². The normalized spacial score (nSPS) is 20.0. The highest BCUT2D eigenvalue weighted by Crippen LogP contribution is 2.38. The van der Waals surface area contributed by atoms with E-state index in [1.165, 1.54) is 0 Å². The summed E-state index contributed by atoms with van der Waals surface area (Å²) in [6.07, 6.45) is 3.27. The van der Waals surface area contributed by atoms with E-state index in [2.05, 4.69) is 29.4 Å². The summed E-state index contributed by atoms with van der Waals surface area (Å²) in [6.45, 7) is 6.06. The Morgan fingerprint density at radius 3 is 2.78 bits per heavy atom. The van der Waals surface area contributed by atoms with E-state index in [1.54, 1.807) is 0 Å². The van der Waals surface area contributed by atoms with Crippen molar-refractivity contribution in [3.05, 3.63) is 53.7 Å². The van der Waals surface area contributed by atoms with Crippen LogP contribution in [0.15, 0.2) is 42.6 Å². The molecule has 0 radical (unpaired) electrons. The molecule has 2 heterocycles. The second-order valence-corrected chi connectivity index (χ2v) is 6.18. The van der Waals surface area contributed by atoms with Gasteiger partial charge in [-0.05, 0) is 43.5 Å². The molecule has 4 heteroatoms. The molecular weight excluding hydrogens is 286 g/mol. The predicted molar refractivity (Wildman–Crippen MR) is 93.6 cm³/mol. The lowest BCUT2D eigenvalue weighted by Crippen LogP contribution is -2.44. The summed E-state index contributed by atoms with van der Waals surface area (Å²) in [5.74, 6) is 1.05. The maximum Gasteiger partial charge on any atom is 0.226 e. The topological polar surface area (TPSA) is 45.2 Å². The second-order valence-electron chi connectivity index (χ2n) is 6.18. The molecule has 1 N–H and O–H groups in total. The number of pyridine rings is 1. The first-order valence-corrected chi connectivity index (χ1v) is 8.20. The molecule has 2 aromatic rings. The Labute approximate surface area is 137 Å². The summed E-state index contributed by atoms with van der Waals surface area (Å²) in [4.78, 5) is 18.7. The molecule has 0 saturated heterocycles. The number of amides is 1. The van der Waals surface area contributed by atoms with Crippen molar-refractivity contribution < 1.29 is 4.79 Å². The fraction of sp³-hybridized carbons (Fsp3) is 0.368. The van der Waals surface area contributed by atoms with Crippen molar-refractivity contribution in [3.8, 4) is 0 Å². The van der Waals surface area contributed by atoms with Gasteiger partial charge in [0, 0.05) is 24.3 Å². The fourth-order valence-electron chi connectivity index (χ4n) is 3.23. The average molecular weight is 309 g/mol. The van der Waals surface area contributed by atoms with E-state index in [0.717, 1.165) is 29.1 Å². The predicted octanol–water partition coefficient (Wildman–Crippen LogP) is 4.08. The van der Waals surface area contributed by atoms with Crippen LogP contribution in [0.1, 0.15) is 43.9 Å². The SMILES string of the molecule is CCC(=O)N1c2ccccc2C(Nc2ccc(C)cn2)CC1C. The Kier molecular flexibility index (Phi) is 4.33. The molecule has 1 aliphatic heterocycles. The molecule has 0 saturated carbocycles. The van der Waals surface area contributed by atoms with E-state index in [0.29, 0.717) is 6.42 Å². The molecule has 2 unspecified atom stereocenters. The van der Waals surface area contributed by atoms with Gasteiger partial charge in [-0.15, -0.1) is 0 Å². The van der Waals surface area contributed by atoms with Crippen LogP contribution in [0.4, 0.5) is 11.5 Å². The lowest BCUT2D eigenvalue weighted by molar-refractivity contribution is -0.118. The zero-order valence-electron chi connectivity index (χ0n) is 13.9. The fourth-order valence-corrected chi connectivity index (χ4v) is 3.23. The molecule has 2 atom stereocenters. The monoisotopic (exact) mass is 309 g/mol. The summed E-state index contributed by atoms with van der Waals surface area (Å²) >= 11 is 0. The smallest absolute Gasteiger partial charge is 0.226 e. The zero-order valence-corrected chi connectivity index (χ0v) is 13.9. The molecule has 3 rings (SSSR count). The van der Waals surface area contributed by atoms with E-state index in [1.807, 2.05) is 49.2 Å². The van der Waals surface area contributed by atoms with E-state index < -0.39 is 0 Å². The third-order valence-corrected chi connectivity index (χ3v) is 4.39. The zero-order chi connectivity index (χ0) is 16.4. The summed E-state index contributed by atoms with van der Waals surface area (Å²) in [5.41, 5.74) is 3.32. The minimum atomic E-state index is 0.164. The Morgan fingerprint density at radius 1 is 1.30 bits per heavy atom. The molecule has 1 amide bonds. The minimum Gasteiger partial charge on any atom is -0.363 e. The molecule has 23 heavy (non-hydrogen) atoms. The van der Waals surface area contributed by atoms with Gasteiger partial charge in [-0.3, -0.25) is 4.79 Å². The molecule has 0 aliphatic carbocycles. The quantitative estimate of drug-likeness (QED) is 0.929. The van der Waals surface area contributed by atoms with Gasteiger partial charge in [-0.1, -0.05) is 31.2 Å². The number of aromatic nitrogens is 1. The van der Waals surface area contributed by atoms with Crippen LogP contribution in [0.2, 0.25) is 0 Å². The van der Waals surface area contributed by atoms with Crippen molar-refractivity contribution in [3.63, 3.8) is 0 Å². The maximum absolute atomic E-state index is 12.3. The van der Waals surface area contributed by atoms with Crippen LogP contribution in [-0.2, 0) is 4.79 Å². The van der Waals surface area contributed by atoms with Crippen molar-refractivity contribution in [1.29, 1.82) is 0 Å². The first kappa shape index (κ1) is 15.5. The van der Waals surface area contributed by atoms with Crippen molar-refractivity contribution >= 4 is 17.4 Å². The van der Waals surface area contributed by atoms with Gasteiger partial charge in [0.25, 0.3) is 0 Å². The Hall–Kier alpha value is -2.36. The second kappa shape index (κ2) is 6.41. The van der Waals surface area contributed by atoms with Crippen LogP contribution >= 0.6 is 0 Å². The number of nitrogens with zero attached hydrogens (tertiary/aromatic N) is 2. The number of hydrogen-bond acceptors (Lipinski definition) is 3. The molecule has 120 valence electrons. The highest BCUT2D eigenvalue weighted by atomic mass is 16.2. The van der Waals surface area contributed by atoms with Gasteiger partial charge in [0.15, 0.2) is 0 Å². The summed E-state index contributed by atoms with van der Waals surface area (Å²) in [5, 5.41) is 3.52. The molecule has 1 aromatic heterocycles. The van der Waals surface area contributed by atoms with Gasteiger partial charge in [0.05, 0.1) is 6.04 Å². The van der Waals surface area contributed by atoms with Gasteiger partial charge in [-0.2, -0.15) is 0 Å². The van der Waals surface area contributed by atoms with E-state index in [9.17, 15) is 4.79 Å². The third kappa shape index (κ3) is 3.07. The number of carbonyl (C=O) groups is 1. The number of anilines is 2. The summed E-state index contributed by atoms with van der Waals surface area (Å²) in [7, 11) is 0. The van der Waals surface area contributed by atoms with Gasteiger partial charge in [0.2, 0.25) is 5.91 Å². The van der Waals surface area contributed by atoms with Gasteiger partial charge >= 0.3 is 0 Å². The Bertz CT molecular complexity index is 696. The lowest BCUT2D eigenvalue weighted by atomic mass is 9.91. The van der Waals surface area contributed by atoms with Gasteiger partial charge in [-0.25, -0.2) is 4.98 Å². The highest BCUT2D eigenvalue weighted by molar-refractivity contribution is 5.95. The van der Waals surface area contributed by atoms with E-state index in [-0.39, 0.29) is 18.0 Å². The molecule has 1 aromatic carbocycles. The molecule has 1 aliphatic rings. The maximum atomic E-state index is 12.3. The van der Waals surface area contributed by atoms with Crippen LogP contribution in [0.3, 0.4) is 0 Å². The molecular formula is C19H23N3O. The molecule has 0 bridgehead atoms. The number of rotatable bonds is 3. The number of fused-ring (bicyclic) bond motifs is 1. The standard InChI is InChI=1S/C19H23N3O/c1-4-19(23)22-14(3)11-16(15-7-5-6-8-17(15)22)21-18-10-9-13(2)12-20-18/h5-10,12,14,16H,4,11H2,1-3H3,(H,20,21). The summed E-state index contributed by atoms with van der Waals surface area (Å²) < 4.78 is 0. The van der Waals surface area contributed by atoms with Crippen molar-refractivity contribution in [2.24, 2.45) is 0 Å². The number of nitrogens with one attached hydrogen (secondary N) is 1. The highest BCUT2D eigenvalue weighted by Gasteiger charge is 2.32. The number of hydrogen-bond donors (Lipinski definition) is 1. The van der Waals surface area contributed by atoms with E-state index in [4.69, 9.17) is 0 Å². The lowest BCUT2D eigenvalue weighted by Gasteiger charge is -2.39.